The van der Waals surface area contributed by atoms with Crippen LogP contribution < -0.4 is 5.73 Å². The van der Waals surface area contributed by atoms with E-state index in [1.165, 1.54) is 7.11 Å². The number of hydrogen-bond acceptors (Lipinski definition) is 5. The summed E-state index contributed by atoms with van der Waals surface area (Å²) in [6.07, 6.45) is 1.25. The first-order valence-electron chi connectivity index (χ1n) is 5.79. The van der Waals surface area contributed by atoms with Gasteiger partial charge in [0.05, 0.1) is 7.11 Å². The normalized spacial score (nSPS) is 12.6. The van der Waals surface area contributed by atoms with Gasteiger partial charge in [-0.25, -0.2) is 4.98 Å². The summed E-state index contributed by atoms with van der Waals surface area (Å²) in [6, 6.07) is 5.22. The van der Waals surface area contributed by atoms with Crippen LogP contribution in [-0.2, 0) is 16.0 Å². The third-order valence-electron chi connectivity index (χ3n) is 2.81. The van der Waals surface area contributed by atoms with Crippen molar-refractivity contribution in [1.29, 1.82) is 0 Å². The van der Waals surface area contributed by atoms with Gasteiger partial charge in [0, 0.05) is 6.92 Å². The molecular weight excluding hydrogens is 232 g/mol. The van der Waals surface area contributed by atoms with Crippen molar-refractivity contribution in [3.8, 4) is 0 Å². The van der Waals surface area contributed by atoms with E-state index >= 15 is 0 Å². The largest absolute Gasteiger partial charge is 0.468 e. The maximum atomic E-state index is 11.2. The molecule has 1 unspecified atom stereocenters. The number of rotatable bonds is 4. The second-order valence-corrected chi connectivity index (χ2v) is 4.20. The number of nitrogens with zero attached hydrogens (tertiary/aromatic N) is 1. The molecule has 0 radical (unpaired) electrons. The maximum Gasteiger partial charge on any atom is 0.322 e. The van der Waals surface area contributed by atoms with Crippen molar-refractivity contribution >= 4 is 17.1 Å². The van der Waals surface area contributed by atoms with Crippen molar-refractivity contribution in [2.75, 3.05) is 7.11 Å². The van der Waals surface area contributed by atoms with Crippen LogP contribution in [0.3, 0.4) is 0 Å². The van der Waals surface area contributed by atoms with Gasteiger partial charge in [-0.15, -0.1) is 0 Å². The molecule has 0 saturated carbocycles. The second kappa shape index (κ2) is 5.18. The van der Waals surface area contributed by atoms with Gasteiger partial charge in [-0.2, -0.15) is 0 Å². The van der Waals surface area contributed by atoms with Gasteiger partial charge < -0.3 is 14.9 Å². The highest BCUT2D eigenvalue weighted by Gasteiger charge is 2.13. The van der Waals surface area contributed by atoms with Crippen LogP contribution in [0.5, 0.6) is 0 Å². The lowest BCUT2D eigenvalue weighted by molar-refractivity contribution is -0.142. The molecule has 1 heterocycles. The molecule has 0 amide bonds. The van der Waals surface area contributed by atoms with E-state index in [1.807, 2.05) is 25.1 Å². The third-order valence-corrected chi connectivity index (χ3v) is 2.81. The number of benzene rings is 1. The molecule has 96 valence electrons. The fraction of sp³-hybridized carbons (Fsp3) is 0.385. The predicted octanol–water partition coefficient (Wildman–Crippen LogP) is 1.57. The summed E-state index contributed by atoms with van der Waals surface area (Å²) in [6.45, 7) is 1.81. The molecule has 0 spiro atoms. The van der Waals surface area contributed by atoms with E-state index in [4.69, 9.17) is 10.2 Å². The van der Waals surface area contributed by atoms with Gasteiger partial charge in [0.25, 0.3) is 0 Å². The Morgan fingerprint density at radius 1 is 1.56 bits per heavy atom. The van der Waals surface area contributed by atoms with E-state index in [1.54, 1.807) is 0 Å². The number of hydrogen-bond donors (Lipinski definition) is 1. The van der Waals surface area contributed by atoms with Crippen molar-refractivity contribution in [3.05, 3.63) is 29.7 Å². The Bertz CT molecular complexity index is 562. The Labute approximate surface area is 105 Å². The topological polar surface area (TPSA) is 78.4 Å². The van der Waals surface area contributed by atoms with Gasteiger partial charge in [-0.1, -0.05) is 6.07 Å². The molecule has 2 aromatic rings. The minimum Gasteiger partial charge on any atom is -0.468 e. The van der Waals surface area contributed by atoms with Crippen molar-refractivity contribution in [2.45, 2.75) is 25.8 Å². The van der Waals surface area contributed by atoms with Crippen LogP contribution in [0.4, 0.5) is 0 Å². The van der Waals surface area contributed by atoms with Crippen LogP contribution in [0.25, 0.3) is 11.1 Å². The van der Waals surface area contributed by atoms with Crippen molar-refractivity contribution in [2.24, 2.45) is 5.73 Å². The molecule has 5 heteroatoms. The number of oxazole rings is 1. The lowest BCUT2D eigenvalue weighted by atomic mass is 10.1. The van der Waals surface area contributed by atoms with E-state index in [9.17, 15) is 4.79 Å². The minimum atomic E-state index is -0.581. The molecule has 0 bridgehead atoms. The van der Waals surface area contributed by atoms with Gasteiger partial charge >= 0.3 is 5.97 Å². The van der Waals surface area contributed by atoms with Crippen molar-refractivity contribution in [1.82, 2.24) is 4.98 Å². The average molecular weight is 248 g/mol. The first-order valence-corrected chi connectivity index (χ1v) is 5.79. The highest BCUT2D eigenvalue weighted by Crippen LogP contribution is 2.18. The fourth-order valence-corrected chi connectivity index (χ4v) is 1.83. The summed E-state index contributed by atoms with van der Waals surface area (Å²) in [5, 5.41) is 0. The standard InChI is InChI=1S/C13H16N2O3/c1-8-15-11-6-4-9(7-12(11)18-8)3-5-10(14)13(16)17-2/h4,6-7,10H,3,5,14H2,1-2H3. The molecule has 0 aliphatic rings. The SMILES string of the molecule is COC(=O)C(N)CCc1ccc2nc(C)oc2c1. The van der Waals surface area contributed by atoms with Crippen molar-refractivity contribution < 1.29 is 13.9 Å². The van der Waals surface area contributed by atoms with Crippen LogP contribution in [0.15, 0.2) is 22.6 Å². The Morgan fingerprint density at radius 2 is 2.33 bits per heavy atom. The lowest BCUT2D eigenvalue weighted by Gasteiger charge is -2.08. The molecule has 5 nitrogen and oxygen atoms in total. The third kappa shape index (κ3) is 2.68. The summed E-state index contributed by atoms with van der Waals surface area (Å²) < 4.78 is 10.0. The Morgan fingerprint density at radius 3 is 3.06 bits per heavy atom. The zero-order valence-corrected chi connectivity index (χ0v) is 10.5. The summed E-state index contributed by atoms with van der Waals surface area (Å²) in [5.74, 6) is 0.264. The van der Waals surface area contributed by atoms with Crippen molar-refractivity contribution in [3.63, 3.8) is 0 Å². The summed E-state index contributed by atoms with van der Waals surface area (Å²) in [5.41, 5.74) is 8.35. The summed E-state index contributed by atoms with van der Waals surface area (Å²) in [7, 11) is 1.34. The molecule has 0 saturated heterocycles. The number of fused-ring (bicyclic) bond motifs is 1. The van der Waals surface area contributed by atoms with Crippen LogP contribution >= 0.6 is 0 Å². The van der Waals surface area contributed by atoms with Gasteiger partial charge in [0.2, 0.25) is 0 Å². The Hall–Kier alpha value is -1.88. The molecule has 2 N–H and O–H groups in total. The lowest BCUT2D eigenvalue weighted by Crippen LogP contribution is -2.31. The van der Waals surface area contributed by atoms with E-state index in [0.29, 0.717) is 18.7 Å². The highest BCUT2D eigenvalue weighted by molar-refractivity contribution is 5.75. The molecule has 0 aliphatic heterocycles. The molecule has 1 aromatic carbocycles. The molecule has 0 aliphatic carbocycles. The van der Waals surface area contributed by atoms with Gasteiger partial charge in [-0.3, -0.25) is 4.79 Å². The second-order valence-electron chi connectivity index (χ2n) is 4.20. The average Bonchev–Trinajstić information content (AvgIpc) is 2.74. The predicted molar refractivity (Wildman–Crippen MR) is 67.1 cm³/mol. The number of esters is 1. The first-order chi connectivity index (χ1) is 8.60. The van der Waals surface area contributed by atoms with E-state index < -0.39 is 6.04 Å². The quantitative estimate of drug-likeness (QED) is 0.831. The fourth-order valence-electron chi connectivity index (χ4n) is 1.83. The number of ether oxygens (including phenoxy) is 1. The number of nitrogens with two attached hydrogens (primary N) is 1. The molecule has 1 aromatic heterocycles. The zero-order chi connectivity index (χ0) is 13.1. The monoisotopic (exact) mass is 248 g/mol. The van der Waals surface area contributed by atoms with Crippen LogP contribution in [0, 0.1) is 6.92 Å². The van der Waals surface area contributed by atoms with Crippen LogP contribution in [-0.4, -0.2) is 24.1 Å². The zero-order valence-electron chi connectivity index (χ0n) is 10.5. The van der Waals surface area contributed by atoms with Gasteiger partial charge in [-0.05, 0) is 30.5 Å². The summed E-state index contributed by atoms with van der Waals surface area (Å²) in [4.78, 5) is 15.4. The number of methoxy groups -OCH3 is 1. The van der Waals surface area contributed by atoms with E-state index in [2.05, 4.69) is 9.72 Å². The Balaban J connectivity index is 2.05. The minimum absolute atomic E-state index is 0.383. The molecule has 2 rings (SSSR count). The number of aryl methyl sites for hydroxylation is 2. The molecule has 0 fully saturated rings. The molecular formula is C13H16N2O3. The van der Waals surface area contributed by atoms with Crippen LogP contribution in [0.1, 0.15) is 17.9 Å². The first kappa shape index (κ1) is 12.6. The number of aromatic nitrogens is 1. The van der Waals surface area contributed by atoms with E-state index in [0.717, 1.165) is 16.7 Å². The Kier molecular flexibility index (Phi) is 3.62. The number of carbonyl (C=O) groups is 1. The molecule has 1 atom stereocenters. The van der Waals surface area contributed by atoms with Gasteiger partial charge in [0.1, 0.15) is 11.6 Å². The molecule has 18 heavy (non-hydrogen) atoms. The van der Waals surface area contributed by atoms with Gasteiger partial charge in [0.15, 0.2) is 11.5 Å². The highest BCUT2D eigenvalue weighted by atomic mass is 16.5. The maximum absolute atomic E-state index is 11.2. The number of carbonyl (C=O) groups excluding carboxylic acids is 1. The van der Waals surface area contributed by atoms with E-state index in [-0.39, 0.29) is 5.97 Å². The van der Waals surface area contributed by atoms with Crippen LogP contribution in [0.2, 0.25) is 0 Å². The summed E-state index contributed by atoms with van der Waals surface area (Å²) >= 11 is 0. The smallest absolute Gasteiger partial charge is 0.322 e.